The lowest BCUT2D eigenvalue weighted by atomic mass is 10.1. The minimum absolute atomic E-state index is 0.0493. The lowest BCUT2D eigenvalue weighted by molar-refractivity contribution is -0.137. The quantitative estimate of drug-likeness (QED) is 0.426. The molecule has 7 heteroatoms. The molecule has 1 aliphatic rings. The van der Waals surface area contributed by atoms with Crippen LogP contribution in [0.25, 0.3) is 17.4 Å². The number of cyclic esters (lactones) is 1. The molecule has 0 unspecified atom stereocenters. The predicted octanol–water partition coefficient (Wildman–Crippen LogP) is 5.62. The average Bonchev–Trinajstić information content (AvgIpc) is 3.29. The molecule has 2 aromatic carbocycles. The second-order valence-corrected chi connectivity index (χ2v) is 6.43. The Morgan fingerprint density at radius 3 is 2.55 bits per heavy atom. The molecule has 0 saturated heterocycles. The van der Waals surface area contributed by atoms with E-state index in [4.69, 9.17) is 9.15 Å². The Morgan fingerprint density at radius 1 is 1.00 bits per heavy atom. The molecule has 0 radical (unpaired) electrons. The van der Waals surface area contributed by atoms with Crippen LogP contribution in [0.3, 0.4) is 0 Å². The maximum absolute atomic E-state index is 12.9. The molecule has 0 atom stereocenters. The third-order valence-electron chi connectivity index (χ3n) is 4.38. The Balaban J connectivity index is 1.63. The van der Waals surface area contributed by atoms with Crippen molar-refractivity contribution in [3.63, 3.8) is 0 Å². The van der Waals surface area contributed by atoms with Gasteiger partial charge in [-0.3, -0.25) is 0 Å². The fourth-order valence-electron chi connectivity index (χ4n) is 2.91. The van der Waals surface area contributed by atoms with Crippen molar-refractivity contribution in [2.45, 2.75) is 13.1 Å². The van der Waals surface area contributed by atoms with E-state index < -0.39 is 17.7 Å². The monoisotopic (exact) mass is 397 g/mol. The molecular weight excluding hydrogens is 383 g/mol. The van der Waals surface area contributed by atoms with Crippen molar-refractivity contribution in [2.24, 2.45) is 4.99 Å². The third kappa shape index (κ3) is 3.85. The highest BCUT2D eigenvalue weighted by atomic mass is 19.4. The van der Waals surface area contributed by atoms with E-state index in [1.807, 2.05) is 25.1 Å². The van der Waals surface area contributed by atoms with Crippen molar-refractivity contribution < 1.29 is 27.1 Å². The van der Waals surface area contributed by atoms with E-state index in [9.17, 15) is 18.0 Å². The molecule has 4 nitrogen and oxygen atoms in total. The van der Waals surface area contributed by atoms with E-state index in [0.29, 0.717) is 5.56 Å². The van der Waals surface area contributed by atoms with Gasteiger partial charge >= 0.3 is 12.1 Å². The number of carbonyl (C=O) groups is 1. The average molecular weight is 397 g/mol. The maximum Gasteiger partial charge on any atom is 0.416 e. The van der Waals surface area contributed by atoms with Crippen molar-refractivity contribution in [1.82, 2.24) is 0 Å². The van der Waals surface area contributed by atoms with E-state index in [1.165, 1.54) is 24.3 Å². The number of ether oxygens (including phenoxy) is 1. The van der Waals surface area contributed by atoms with Crippen molar-refractivity contribution in [3.05, 3.63) is 88.8 Å². The van der Waals surface area contributed by atoms with Crippen LogP contribution in [0.5, 0.6) is 0 Å². The van der Waals surface area contributed by atoms with Crippen LogP contribution in [0.15, 0.2) is 75.8 Å². The van der Waals surface area contributed by atoms with Crippen LogP contribution in [0.1, 0.15) is 22.5 Å². The van der Waals surface area contributed by atoms with E-state index in [0.717, 1.165) is 17.7 Å². The summed E-state index contributed by atoms with van der Waals surface area (Å²) in [5, 5.41) is 0. The molecular formula is C22H14F3NO3. The molecule has 0 amide bonds. The topological polar surface area (TPSA) is 51.8 Å². The summed E-state index contributed by atoms with van der Waals surface area (Å²) in [5.74, 6) is 0.0980. The minimum atomic E-state index is -4.44. The molecule has 1 aliphatic heterocycles. The first-order valence-corrected chi connectivity index (χ1v) is 8.67. The van der Waals surface area contributed by atoms with Gasteiger partial charge in [0.15, 0.2) is 5.70 Å². The first-order valence-electron chi connectivity index (χ1n) is 8.67. The van der Waals surface area contributed by atoms with E-state index in [-0.39, 0.29) is 28.7 Å². The number of hydrogen-bond acceptors (Lipinski definition) is 4. The van der Waals surface area contributed by atoms with E-state index in [1.54, 1.807) is 12.1 Å². The zero-order valence-electron chi connectivity index (χ0n) is 15.2. The number of aryl methyl sites for hydroxylation is 1. The first kappa shape index (κ1) is 18.7. The number of furan rings is 1. The van der Waals surface area contributed by atoms with Crippen molar-refractivity contribution >= 4 is 17.9 Å². The van der Waals surface area contributed by atoms with Crippen molar-refractivity contribution in [3.8, 4) is 11.3 Å². The summed E-state index contributed by atoms with van der Waals surface area (Å²) < 4.78 is 49.5. The lowest BCUT2D eigenvalue weighted by Gasteiger charge is -2.07. The van der Waals surface area contributed by atoms with Crippen LogP contribution < -0.4 is 0 Å². The summed E-state index contributed by atoms with van der Waals surface area (Å²) in [4.78, 5) is 16.4. The lowest BCUT2D eigenvalue weighted by Crippen LogP contribution is -2.06. The van der Waals surface area contributed by atoms with Gasteiger partial charge in [-0.1, -0.05) is 30.3 Å². The van der Waals surface area contributed by atoms with E-state index >= 15 is 0 Å². The standard InChI is InChI=1S/C22H14F3NO3/c1-13-5-2-3-8-17(13)20-26-18(21(27)29-20)12-16-9-10-19(28-16)14-6-4-7-15(11-14)22(23,24)25/h2-12H,1H3/b18-12+. The molecule has 2 heterocycles. The van der Waals surface area contributed by atoms with Crippen molar-refractivity contribution in [2.75, 3.05) is 0 Å². The molecule has 0 fully saturated rings. The highest BCUT2D eigenvalue weighted by Crippen LogP contribution is 2.33. The van der Waals surface area contributed by atoms with Gasteiger partial charge in [0.1, 0.15) is 11.5 Å². The van der Waals surface area contributed by atoms with Gasteiger partial charge in [-0.25, -0.2) is 9.79 Å². The molecule has 0 saturated carbocycles. The molecule has 4 rings (SSSR count). The summed E-state index contributed by atoms with van der Waals surface area (Å²) >= 11 is 0. The van der Waals surface area contributed by atoms with Gasteiger partial charge in [0.05, 0.1) is 5.56 Å². The molecule has 0 N–H and O–H groups in total. The van der Waals surface area contributed by atoms with Gasteiger partial charge in [0, 0.05) is 17.2 Å². The van der Waals surface area contributed by atoms with Gasteiger partial charge in [-0.15, -0.1) is 0 Å². The molecule has 3 aromatic rings. The summed E-state index contributed by atoms with van der Waals surface area (Å²) in [6.07, 6.45) is -3.05. The zero-order chi connectivity index (χ0) is 20.6. The number of carbonyl (C=O) groups excluding carboxylic acids is 1. The van der Waals surface area contributed by atoms with Gasteiger partial charge in [0.2, 0.25) is 5.90 Å². The Hall–Kier alpha value is -3.61. The number of aliphatic imine (C=N–C) groups is 1. The summed E-state index contributed by atoms with van der Waals surface area (Å²) in [6, 6.07) is 15.3. The number of benzene rings is 2. The number of hydrogen-bond donors (Lipinski definition) is 0. The Morgan fingerprint density at radius 2 is 1.79 bits per heavy atom. The summed E-state index contributed by atoms with van der Waals surface area (Å²) in [5.41, 5.74) is 1.17. The molecule has 0 aliphatic carbocycles. The number of esters is 1. The van der Waals surface area contributed by atoms with Crippen LogP contribution in [-0.4, -0.2) is 11.9 Å². The predicted molar refractivity (Wildman–Crippen MR) is 101 cm³/mol. The Kier molecular flexibility index (Phi) is 4.58. The normalized spacial score (nSPS) is 15.5. The van der Waals surface area contributed by atoms with Gasteiger partial charge in [-0.05, 0) is 42.8 Å². The number of alkyl halides is 3. The molecule has 146 valence electrons. The van der Waals surface area contributed by atoms with Crippen LogP contribution >= 0.6 is 0 Å². The Bertz CT molecular complexity index is 1160. The zero-order valence-corrected chi connectivity index (χ0v) is 15.2. The maximum atomic E-state index is 12.9. The van der Waals surface area contributed by atoms with Crippen LogP contribution in [-0.2, 0) is 15.7 Å². The highest BCUT2D eigenvalue weighted by Gasteiger charge is 2.30. The van der Waals surface area contributed by atoms with Gasteiger partial charge in [-0.2, -0.15) is 13.2 Å². The number of nitrogens with zero attached hydrogens (tertiary/aromatic N) is 1. The molecule has 0 spiro atoms. The SMILES string of the molecule is Cc1ccccc1C1=N/C(=C/c2ccc(-c3cccc(C(F)(F)F)c3)o2)C(=O)O1. The fourth-order valence-corrected chi connectivity index (χ4v) is 2.91. The minimum Gasteiger partial charge on any atom is -0.457 e. The second-order valence-electron chi connectivity index (χ2n) is 6.43. The fraction of sp³-hybridized carbons (Fsp3) is 0.0909. The van der Waals surface area contributed by atoms with Crippen LogP contribution in [0.2, 0.25) is 0 Å². The second kappa shape index (κ2) is 7.09. The van der Waals surface area contributed by atoms with Gasteiger partial charge < -0.3 is 9.15 Å². The van der Waals surface area contributed by atoms with Crippen LogP contribution in [0.4, 0.5) is 13.2 Å². The smallest absolute Gasteiger partial charge is 0.416 e. The largest absolute Gasteiger partial charge is 0.457 e. The van der Waals surface area contributed by atoms with Gasteiger partial charge in [0.25, 0.3) is 0 Å². The third-order valence-corrected chi connectivity index (χ3v) is 4.38. The molecule has 0 bridgehead atoms. The first-order chi connectivity index (χ1) is 13.8. The summed E-state index contributed by atoms with van der Waals surface area (Å²) in [7, 11) is 0. The summed E-state index contributed by atoms with van der Waals surface area (Å²) in [6.45, 7) is 1.88. The Labute approximate surface area is 164 Å². The highest BCUT2D eigenvalue weighted by molar-refractivity contribution is 6.13. The van der Waals surface area contributed by atoms with Crippen molar-refractivity contribution in [1.29, 1.82) is 0 Å². The number of halogens is 3. The van der Waals surface area contributed by atoms with E-state index in [2.05, 4.69) is 4.99 Å². The molecule has 29 heavy (non-hydrogen) atoms. The van der Waals surface area contributed by atoms with Crippen LogP contribution in [0, 0.1) is 6.92 Å². The number of rotatable bonds is 3. The molecule has 1 aromatic heterocycles.